The quantitative estimate of drug-likeness (QED) is 0.177. The minimum Gasteiger partial charge on any atom is -0.307 e. The third kappa shape index (κ3) is 5.25. The zero-order valence-corrected chi connectivity index (χ0v) is 37.5. The molecule has 13 rings (SSSR count). The second-order valence-corrected chi connectivity index (χ2v) is 19.6. The van der Waals surface area contributed by atoms with Gasteiger partial charge in [0, 0.05) is 58.4 Å². The fourth-order valence-electron chi connectivity index (χ4n) is 11.1. The molecule has 0 radical (unpaired) electrons. The Kier molecular flexibility index (Phi) is 8.22. The third-order valence-electron chi connectivity index (χ3n) is 14.0. The molecule has 5 nitrogen and oxygen atoms in total. The molecule has 0 atom stereocenters. The molecule has 0 saturated heterocycles. The molecule has 6 heteroatoms. The first kappa shape index (κ1) is 38.3. The van der Waals surface area contributed by atoms with Gasteiger partial charge < -0.3 is 13.7 Å². The number of allylic oxidation sites excluding steroid dienone is 1. The summed E-state index contributed by atoms with van der Waals surface area (Å²) in [5.41, 5.74) is 13.0. The summed E-state index contributed by atoms with van der Waals surface area (Å²) >= 11 is 1.80. The number of nitriles is 2. The monoisotopic (exact) mass is 863 g/mol. The summed E-state index contributed by atoms with van der Waals surface area (Å²) in [6, 6.07) is 61.7. The fraction of sp³-hybridized carbons (Fsp3) is 0.100. The molecule has 1 aliphatic carbocycles. The highest BCUT2D eigenvalue weighted by Gasteiger charge is 2.34. The van der Waals surface area contributed by atoms with Crippen LogP contribution in [0.15, 0.2) is 164 Å². The van der Waals surface area contributed by atoms with Gasteiger partial charge in [0.2, 0.25) is 0 Å². The average molecular weight is 864 g/mol. The molecule has 0 unspecified atom stereocenters. The molecule has 0 amide bonds. The van der Waals surface area contributed by atoms with Crippen LogP contribution in [0.25, 0.3) is 109 Å². The van der Waals surface area contributed by atoms with Crippen molar-refractivity contribution >= 4 is 92.1 Å². The summed E-state index contributed by atoms with van der Waals surface area (Å²) in [4.78, 5) is 0. The Hall–Kier alpha value is -8.16. The van der Waals surface area contributed by atoms with Crippen molar-refractivity contribution in [1.82, 2.24) is 13.7 Å². The molecule has 0 aliphatic heterocycles. The molecule has 0 saturated carbocycles. The summed E-state index contributed by atoms with van der Waals surface area (Å²) in [6.45, 7) is 6.70. The van der Waals surface area contributed by atoms with Crippen LogP contribution in [0, 0.1) is 22.7 Å². The van der Waals surface area contributed by atoms with Gasteiger partial charge in [0.1, 0.15) is 23.3 Å². The summed E-state index contributed by atoms with van der Waals surface area (Å²) < 4.78 is 9.30. The molecule has 4 aromatic heterocycles. The first-order chi connectivity index (χ1) is 32.4. The standard InChI is InChI=1S/C60H41N5S/c1-60(2,3)37-30-28-36(29-31-37)54-58(63-46-22-10-4-16-38(46)39-17-5-11-23-47(39)63)44(34-61)57(45(35-62)59(54)64-48-24-12-6-18-40(48)41-19-7-13-25-49(41)64)65-50-26-14-8-20-42(50)55-51(65)32-33-53-56(55)43-21-9-15-27-52(43)66-53/h4-6,8-18,20-33H,7,19H2,1-3H3. The van der Waals surface area contributed by atoms with Crippen LogP contribution in [0.5, 0.6) is 0 Å². The summed E-state index contributed by atoms with van der Waals surface area (Å²) in [6.07, 6.45) is 6.31. The van der Waals surface area contributed by atoms with E-state index in [0.29, 0.717) is 16.8 Å². The predicted molar refractivity (Wildman–Crippen MR) is 276 cm³/mol. The lowest BCUT2D eigenvalue weighted by Crippen LogP contribution is -2.15. The Balaban J connectivity index is 1.32. The predicted octanol–water partition coefficient (Wildman–Crippen LogP) is 15.9. The highest BCUT2D eigenvalue weighted by Crippen LogP contribution is 2.50. The molecule has 312 valence electrons. The van der Waals surface area contributed by atoms with E-state index in [9.17, 15) is 10.5 Å². The second kappa shape index (κ2) is 14.2. The van der Waals surface area contributed by atoms with Gasteiger partial charge in [-0.05, 0) is 83.5 Å². The van der Waals surface area contributed by atoms with E-state index in [1.54, 1.807) is 11.3 Å². The Morgan fingerprint density at radius 1 is 0.485 bits per heavy atom. The van der Waals surface area contributed by atoms with E-state index in [0.717, 1.165) is 90.2 Å². The summed E-state index contributed by atoms with van der Waals surface area (Å²) in [5, 5.41) is 32.3. The molecule has 66 heavy (non-hydrogen) atoms. The summed E-state index contributed by atoms with van der Waals surface area (Å²) in [7, 11) is 0. The molecule has 8 aromatic carbocycles. The van der Waals surface area contributed by atoms with Crippen molar-refractivity contribution in [3.05, 3.63) is 192 Å². The lowest BCUT2D eigenvalue weighted by atomic mass is 9.85. The number of aromatic nitrogens is 3. The van der Waals surface area contributed by atoms with E-state index >= 15 is 0 Å². The van der Waals surface area contributed by atoms with Crippen molar-refractivity contribution in [3.8, 4) is 40.3 Å². The van der Waals surface area contributed by atoms with Crippen LogP contribution in [-0.4, -0.2) is 13.7 Å². The van der Waals surface area contributed by atoms with E-state index in [1.165, 1.54) is 36.7 Å². The van der Waals surface area contributed by atoms with Crippen LogP contribution in [0.2, 0.25) is 0 Å². The lowest BCUT2D eigenvalue weighted by molar-refractivity contribution is 0.590. The lowest BCUT2D eigenvalue weighted by Gasteiger charge is -2.27. The van der Waals surface area contributed by atoms with E-state index in [4.69, 9.17) is 0 Å². The summed E-state index contributed by atoms with van der Waals surface area (Å²) in [5.74, 6) is 0. The molecule has 4 heterocycles. The van der Waals surface area contributed by atoms with Crippen LogP contribution < -0.4 is 0 Å². The number of aryl methyl sites for hydroxylation is 1. The normalized spacial score (nSPS) is 12.9. The largest absolute Gasteiger partial charge is 0.307 e. The molecule has 0 bridgehead atoms. The third-order valence-corrected chi connectivity index (χ3v) is 15.1. The van der Waals surface area contributed by atoms with Crippen molar-refractivity contribution in [3.63, 3.8) is 0 Å². The van der Waals surface area contributed by atoms with Crippen molar-refractivity contribution in [2.75, 3.05) is 0 Å². The van der Waals surface area contributed by atoms with E-state index in [-0.39, 0.29) is 5.41 Å². The Morgan fingerprint density at radius 2 is 1.02 bits per heavy atom. The maximum Gasteiger partial charge on any atom is 0.104 e. The van der Waals surface area contributed by atoms with Crippen LogP contribution in [0.3, 0.4) is 0 Å². The minimum absolute atomic E-state index is 0.0905. The number of hydrogen-bond donors (Lipinski definition) is 0. The maximum atomic E-state index is 12.2. The first-order valence-electron chi connectivity index (χ1n) is 22.6. The molecular weight excluding hydrogens is 823 g/mol. The SMILES string of the molecule is CC(C)(C)c1ccc(-c2c(-n3c4c(c5ccccc53)CCC=C4)c(C#N)c(-n3c4ccccc4c4c5c(ccc43)sc3ccccc35)c(C#N)c2-n2c3ccccc3c3ccccc32)cc1. The van der Waals surface area contributed by atoms with Gasteiger partial charge in [0.25, 0.3) is 0 Å². The molecule has 0 fully saturated rings. The van der Waals surface area contributed by atoms with Gasteiger partial charge in [0.15, 0.2) is 0 Å². The average Bonchev–Trinajstić information content (AvgIpc) is 4.09. The highest BCUT2D eigenvalue weighted by atomic mass is 32.1. The van der Waals surface area contributed by atoms with Gasteiger partial charge in [-0.1, -0.05) is 142 Å². The van der Waals surface area contributed by atoms with Crippen molar-refractivity contribution in [1.29, 1.82) is 10.5 Å². The van der Waals surface area contributed by atoms with Gasteiger partial charge >= 0.3 is 0 Å². The topological polar surface area (TPSA) is 62.4 Å². The number of hydrogen-bond acceptors (Lipinski definition) is 3. The number of fused-ring (bicyclic) bond motifs is 13. The number of benzene rings is 8. The van der Waals surface area contributed by atoms with Gasteiger partial charge in [-0.15, -0.1) is 11.3 Å². The molecular formula is C60H41N5S. The Morgan fingerprint density at radius 3 is 1.65 bits per heavy atom. The minimum atomic E-state index is -0.0905. The van der Waals surface area contributed by atoms with Crippen LogP contribution in [-0.2, 0) is 11.8 Å². The fourth-order valence-corrected chi connectivity index (χ4v) is 12.2. The molecule has 12 aromatic rings. The van der Waals surface area contributed by atoms with Crippen LogP contribution in [0.1, 0.15) is 55.1 Å². The van der Waals surface area contributed by atoms with E-state index in [1.807, 2.05) is 0 Å². The second-order valence-electron chi connectivity index (χ2n) is 18.5. The number of rotatable bonds is 4. The van der Waals surface area contributed by atoms with E-state index in [2.05, 4.69) is 216 Å². The van der Waals surface area contributed by atoms with Crippen molar-refractivity contribution < 1.29 is 0 Å². The van der Waals surface area contributed by atoms with Crippen molar-refractivity contribution in [2.24, 2.45) is 0 Å². The van der Waals surface area contributed by atoms with Crippen molar-refractivity contribution in [2.45, 2.75) is 39.0 Å². The van der Waals surface area contributed by atoms with Crippen LogP contribution in [0.4, 0.5) is 0 Å². The molecule has 0 spiro atoms. The molecule has 1 aliphatic rings. The van der Waals surface area contributed by atoms with Gasteiger partial charge in [0.05, 0.1) is 44.6 Å². The molecule has 0 N–H and O–H groups in total. The Labute approximate surface area is 385 Å². The highest BCUT2D eigenvalue weighted by molar-refractivity contribution is 7.26. The van der Waals surface area contributed by atoms with Crippen LogP contribution >= 0.6 is 11.3 Å². The number of thiophene rings is 1. The number of nitrogens with zero attached hydrogens (tertiary/aromatic N) is 5. The van der Waals surface area contributed by atoms with Gasteiger partial charge in [-0.25, -0.2) is 0 Å². The number of para-hydroxylation sites is 4. The van der Waals surface area contributed by atoms with Gasteiger partial charge in [-0.2, -0.15) is 10.5 Å². The maximum absolute atomic E-state index is 12.2. The Bertz CT molecular complexity index is 4110. The smallest absolute Gasteiger partial charge is 0.104 e. The first-order valence-corrected chi connectivity index (χ1v) is 23.4. The van der Waals surface area contributed by atoms with E-state index < -0.39 is 0 Å². The zero-order valence-electron chi connectivity index (χ0n) is 36.7. The zero-order chi connectivity index (χ0) is 44.4. The van der Waals surface area contributed by atoms with Gasteiger partial charge in [-0.3, -0.25) is 0 Å².